The van der Waals surface area contributed by atoms with Gasteiger partial charge < -0.3 is 24.8 Å². The monoisotopic (exact) mass is 294 g/mol. The molecule has 2 amide bonds. The first kappa shape index (κ1) is 15.4. The van der Waals surface area contributed by atoms with Crippen LogP contribution in [0.5, 0.6) is 11.5 Å². The van der Waals surface area contributed by atoms with E-state index in [4.69, 9.17) is 14.2 Å². The van der Waals surface area contributed by atoms with Crippen molar-refractivity contribution in [3.8, 4) is 11.5 Å². The van der Waals surface area contributed by atoms with E-state index < -0.39 is 0 Å². The van der Waals surface area contributed by atoms with Crippen LogP contribution in [0.3, 0.4) is 0 Å². The van der Waals surface area contributed by atoms with E-state index in [-0.39, 0.29) is 12.3 Å². The molecule has 6 heteroatoms. The van der Waals surface area contributed by atoms with E-state index in [1.165, 1.54) is 0 Å². The fraction of sp³-hybridized carbons (Fsp3) is 0.533. The van der Waals surface area contributed by atoms with Crippen LogP contribution in [0.15, 0.2) is 18.2 Å². The van der Waals surface area contributed by atoms with Gasteiger partial charge in [0.05, 0.1) is 14.2 Å². The zero-order chi connectivity index (χ0) is 15.1. The van der Waals surface area contributed by atoms with Gasteiger partial charge in [-0.2, -0.15) is 0 Å². The summed E-state index contributed by atoms with van der Waals surface area (Å²) < 4.78 is 15.8. The highest BCUT2D eigenvalue weighted by Gasteiger charge is 2.17. The molecule has 1 atom stereocenters. The molecule has 1 saturated heterocycles. The molecule has 0 saturated carbocycles. The van der Waals surface area contributed by atoms with Gasteiger partial charge >= 0.3 is 6.03 Å². The Bertz CT molecular complexity index is 473. The van der Waals surface area contributed by atoms with Crippen LogP contribution in [-0.2, 0) is 11.2 Å². The molecule has 1 unspecified atom stereocenters. The lowest BCUT2D eigenvalue weighted by atomic mass is 10.1. The average Bonchev–Trinajstić information content (AvgIpc) is 2.99. The largest absolute Gasteiger partial charge is 0.493 e. The van der Waals surface area contributed by atoms with Crippen LogP contribution in [0.1, 0.15) is 18.4 Å². The Kier molecular flexibility index (Phi) is 5.68. The molecule has 1 aromatic carbocycles. The Morgan fingerprint density at radius 1 is 1.33 bits per heavy atom. The molecule has 6 nitrogen and oxygen atoms in total. The number of hydrogen-bond donors (Lipinski definition) is 2. The van der Waals surface area contributed by atoms with Crippen molar-refractivity contribution in [2.75, 3.05) is 27.4 Å². The van der Waals surface area contributed by atoms with Gasteiger partial charge in [-0.1, -0.05) is 6.07 Å². The molecule has 0 spiro atoms. The second kappa shape index (κ2) is 7.73. The number of carbonyl (C=O) groups excluding carboxylic acids is 1. The molecule has 2 N–H and O–H groups in total. The number of methoxy groups -OCH3 is 2. The molecular formula is C15H22N2O4. The lowest BCUT2D eigenvalue weighted by Crippen LogP contribution is -2.42. The molecule has 116 valence electrons. The van der Waals surface area contributed by atoms with Crippen molar-refractivity contribution >= 4 is 6.03 Å². The Hall–Kier alpha value is -1.95. The summed E-state index contributed by atoms with van der Waals surface area (Å²) in [5.74, 6) is 1.39. The highest BCUT2D eigenvalue weighted by molar-refractivity contribution is 5.74. The Morgan fingerprint density at radius 2 is 2.14 bits per heavy atom. The zero-order valence-electron chi connectivity index (χ0n) is 12.5. The van der Waals surface area contributed by atoms with Crippen molar-refractivity contribution in [3.63, 3.8) is 0 Å². The standard InChI is InChI=1S/C15H22N2O4/c1-19-12-6-5-11(10-13(12)20-2)7-8-16-15(18)17-14-4-3-9-21-14/h5-6,10,14H,3-4,7-9H2,1-2H3,(H2,16,17,18). The number of urea groups is 1. The molecule has 1 aliphatic rings. The van der Waals surface area contributed by atoms with Gasteiger partial charge in [-0.05, 0) is 37.0 Å². The van der Waals surface area contributed by atoms with E-state index in [2.05, 4.69) is 10.6 Å². The van der Waals surface area contributed by atoms with E-state index in [1.54, 1.807) is 14.2 Å². The third-order valence-electron chi connectivity index (χ3n) is 3.37. The highest BCUT2D eigenvalue weighted by atomic mass is 16.5. The van der Waals surface area contributed by atoms with E-state index in [9.17, 15) is 4.79 Å². The average molecular weight is 294 g/mol. The summed E-state index contributed by atoms with van der Waals surface area (Å²) in [6.45, 7) is 1.27. The summed E-state index contributed by atoms with van der Waals surface area (Å²) in [7, 11) is 3.21. The number of ether oxygens (including phenoxy) is 3. The summed E-state index contributed by atoms with van der Waals surface area (Å²) in [6.07, 6.45) is 2.45. The molecule has 1 aliphatic heterocycles. The van der Waals surface area contributed by atoms with E-state index in [0.717, 1.165) is 31.4 Å². The summed E-state index contributed by atoms with van der Waals surface area (Å²) in [5.41, 5.74) is 1.07. The summed E-state index contributed by atoms with van der Waals surface area (Å²) in [6, 6.07) is 5.54. The molecule has 0 aliphatic carbocycles. The van der Waals surface area contributed by atoms with Crippen molar-refractivity contribution in [1.29, 1.82) is 0 Å². The second-order valence-corrected chi connectivity index (χ2v) is 4.84. The van der Waals surface area contributed by atoms with E-state index in [1.807, 2.05) is 18.2 Å². The molecule has 0 aromatic heterocycles. The first-order valence-electron chi connectivity index (χ1n) is 7.10. The van der Waals surface area contributed by atoms with Gasteiger partial charge in [-0.3, -0.25) is 0 Å². The third-order valence-corrected chi connectivity index (χ3v) is 3.37. The van der Waals surface area contributed by atoms with Gasteiger partial charge in [0, 0.05) is 13.2 Å². The van der Waals surface area contributed by atoms with Gasteiger partial charge in [-0.25, -0.2) is 4.79 Å². The second-order valence-electron chi connectivity index (χ2n) is 4.84. The van der Waals surface area contributed by atoms with Crippen LogP contribution >= 0.6 is 0 Å². The smallest absolute Gasteiger partial charge is 0.316 e. The van der Waals surface area contributed by atoms with Gasteiger partial charge in [0.25, 0.3) is 0 Å². The van der Waals surface area contributed by atoms with E-state index in [0.29, 0.717) is 18.0 Å². The maximum absolute atomic E-state index is 11.7. The molecule has 1 aromatic rings. The summed E-state index contributed by atoms with van der Waals surface area (Å²) in [5, 5.41) is 5.61. The predicted molar refractivity (Wildman–Crippen MR) is 78.8 cm³/mol. The number of rotatable bonds is 6. The predicted octanol–water partition coefficient (Wildman–Crippen LogP) is 1.68. The maximum atomic E-state index is 11.7. The minimum absolute atomic E-state index is 0.147. The van der Waals surface area contributed by atoms with Crippen molar-refractivity contribution < 1.29 is 19.0 Å². The molecule has 0 radical (unpaired) electrons. The van der Waals surface area contributed by atoms with Gasteiger partial charge in [0.15, 0.2) is 11.5 Å². The first-order valence-corrected chi connectivity index (χ1v) is 7.10. The summed E-state index contributed by atoms with van der Waals surface area (Å²) >= 11 is 0. The number of hydrogen-bond acceptors (Lipinski definition) is 4. The third kappa shape index (κ3) is 4.53. The Labute approximate surface area is 124 Å². The number of amides is 2. The van der Waals surface area contributed by atoms with Crippen LogP contribution in [0.25, 0.3) is 0 Å². The SMILES string of the molecule is COc1ccc(CCNC(=O)NC2CCCO2)cc1OC. The minimum atomic E-state index is -0.192. The zero-order valence-corrected chi connectivity index (χ0v) is 12.5. The van der Waals surface area contributed by atoms with Crippen LogP contribution in [0, 0.1) is 0 Å². The quantitative estimate of drug-likeness (QED) is 0.837. The van der Waals surface area contributed by atoms with Gasteiger partial charge in [0.1, 0.15) is 6.23 Å². The van der Waals surface area contributed by atoms with E-state index >= 15 is 0 Å². The number of benzene rings is 1. The maximum Gasteiger partial charge on any atom is 0.316 e. The van der Waals surface area contributed by atoms with Crippen LogP contribution in [-0.4, -0.2) is 39.6 Å². The fourth-order valence-electron chi connectivity index (χ4n) is 2.25. The van der Waals surface area contributed by atoms with Crippen LogP contribution < -0.4 is 20.1 Å². The van der Waals surface area contributed by atoms with Crippen molar-refractivity contribution in [1.82, 2.24) is 10.6 Å². The van der Waals surface area contributed by atoms with Gasteiger partial charge in [-0.15, -0.1) is 0 Å². The lowest BCUT2D eigenvalue weighted by molar-refractivity contribution is 0.0908. The highest BCUT2D eigenvalue weighted by Crippen LogP contribution is 2.27. The number of nitrogens with one attached hydrogen (secondary N) is 2. The lowest BCUT2D eigenvalue weighted by Gasteiger charge is -2.13. The van der Waals surface area contributed by atoms with Gasteiger partial charge in [0.2, 0.25) is 0 Å². The normalized spacial score (nSPS) is 17.3. The number of carbonyl (C=O) groups is 1. The van der Waals surface area contributed by atoms with Crippen LogP contribution in [0.4, 0.5) is 4.79 Å². The molecule has 1 fully saturated rings. The van der Waals surface area contributed by atoms with Crippen LogP contribution in [0.2, 0.25) is 0 Å². The fourth-order valence-corrected chi connectivity index (χ4v) is 2.25. The Balaban J connectivity index is 1.76. The van der Waals surface area contributed by atoms with Crippen molar-refractivity contribution in [3.05, 3.63) is 23.8 Å². The van der Waals surface area contributed by atoms with Crippen molar-refractivity contribution in [2.45, 2.75) is 25.5 Å². The minimum Gasteiger partial charge on any atom is -0.493 e. The molecule has 0 bridgehead atoms. The van der Waals surface area contributed by atoms with Crippen molar-refractivity contribution in [2.24, 2.45) is 0 Å². The molecule has 1 heterocycles. The molecule has 2 rings (SSSR count). The molecule has 21 heavy (non-hydrogen) atoms. The first-order chi connectivity index (χ1) is 10.2. The molecular weight excluding hydrogens is 272 g/mol. The summed E-state index contributed by atoms with van der Waals surface area (Å²) in [4.78, 5) is 11.7. The Morgan fingerprint density at radius 3 is 2.81 bits per heavy atom. The topological polar surface area (TPSA) is 68.8 Å².